The van der Waals surface area contributed by atoms with Crippen molar-refractivity contribution in [1.82, 2.24) is 4.57 Å². The number of hydrogen-bond donors (Lipinski definition) is 0. The van der Waals surface area contributed by atoms with Crippen molar-refractivity contribution in [2.45, 2.75) is 19.9 Å². The van der Waals surface area contributed by atoms with Crippen molar-refractivity contribution in [2.75, 3.05) is 27.9 Å². The summed E-state index contributed by atoms with van der Waals surface area (Å²) in [5.41, 5.74) is 2.08. The van der Waals surface area contributed by atoms with Gasteiger partial charge < -0.3 is 18.9 Å². The number of fused-ring (bicyclic) bond motifs is 1. The van der Waals surface area contributed by atoms with E-state index in [1.807, 2.05) is 30.3 Å². The van der Waals surface area contributed by atoms with Gasteiger partial charge in [-0.05, 0) is 55.3 Å². The lowest BCUT2D eigenvalue weighted by atomic mass is 9.95. The number of rotatable bonds is 7. The van der Waals surface area contributed by atoms with Crippen LogP contribution >= 0.6 is 11.3 Å². The first-order chi connectivity index (χ1) is 16.9. The highest BCUT2D eigenvalue weighted by atomic mass is 32.1. The lowest BCUT2D eigenvalue weighted by Gasteiger charge is -2.25. The lowest BCUT2D eigenvalue weighted by Crippen LogP contribution is -2.39. The number of hydrogen-bond acceptors (Lipinski definition) is 8. The van der Waals surface area contributed by atoms with Gasteiger partial charge in [-0.1, -0.05) is 29.5 Å². The average molecular weight is 495 g/mol. The molecular weight excluding hydrogens is 468 g/mol. The number of ether oxygens (including phenoxy) is 4. The fraction of sp³-hybridized carbons (Fsp3) is 0.269. The minimum atomic E-state index is -0.733. The molecule has 0 aliphatic carbocycles. The molecule has 0 spiro atoms. The van der Waals surface area contributed by atoms with Crippen LogP contribution in [0.2, 0.25) is 0 Å². The fourth-order valence-corrected chi connectivity index (χ4v) is 5.03. The molecule has 9 heteroatoms. The van der Waals surface area contributed by atoms with Gasteiger partial charge in [0.15, 0.2) is 16.3 Å². The highest BCUT2D eigenvalue weighted by Crippen LogP contribution is 2.36. The van der Waals surface area contributed by atoms with Crippen LogP contribution in [0.4, 0.5) is 0 Å². The highest BCUT2D eigenvalue weighted by Gasteiger charge is 2.33. The molecular formula is C26H26N2O6S. The second kappa shape index (κ2) is 10.2. The second-order valence-corrected chi connectivity index (χ2v) is 8.70. The maximum Gasteiger partial charge on any atom is 0.338 e. The molecule has 0 bridgehead atoms. The Hall–Kier alpha value is -3.85. The predicted molar refractivity (Wildman–Crippen MR) is 133 cm³/mol. The summed E-state index contributed by atoms with van der Waals surface area (Å²) in [5.74, 6) is 1.24. The number of carbonyl (C=O) groups excluding carboxylic acids is 1. The third-order valence-electron chi connectivity index (χ3n) is 5.65. The van der Waals surface area contributed by atoms with Crippen LogP contribution in [0.15, 0.2) is 63.5 Å². The van der Waals surface area contributed by atoms with Crippen molar-refractivity contribution in [3.63, 3.8) is 0 Å². The Morgan fingerprint density at radius 3 is 2.40 bits per heavy atom. The van der Waals surface area contributed by atoms with Crippen LogP contribution in [0.25, 0.3) is 6.08 Å². The SMILES string of the molecule is CCOC(=O)C1=C(C)N=c2s/c(=C/c3ccc(OC)cc3)c(=O)n2[C@H]1c1ccc(OC)c(OC)c1. The number of thiazole rings is 1. The molecule has 2 heterocycles. The summed E-state index contributed by atoms with van der Waals surface area (Å²) < 4.78 is 23.4. The van der Waals surface area contributed by atoms with Crippen LogP contribution in [-0.4, -0.2) is 38.5 Å². The first-order valence-electron chi connectivity index (χ1n) is 11.0. The number of allylic oxidation sites excluding steroid dienone is 1. The number of aromatic nitrogens is 1. The summed E-state index contributed by atoms with van der Waals surface area (Å²) in [7, 11) is 4.69. The summed E-state index contributed by atoms with van der Waals surface area (Å²) >= 11 is 1.27. The molecule has 4 rings (SSSR count). The van der Waals surface area contributed by atoms with Gasteiger partial charge in [0.25, 0.3) is 5.56 Å². The van der Waals surface area contributed by atoms with Gasteiger partial charge in [0.05, 0.1) is 49.8 Å². The third kappa shape index (κ3) is 4.59. The molecule has 1 aliphatic heterocycles. The first kappa shape index (κ1) is 24.3. The molecule has 0 saturated carbocycles. The van der Waals surface area contributed by atoms with Crippen molar-refractivity contribution < 1.29 is 23.7 Å². The van der Waals surface area contributed by atoms with E-state index in [0.717, 1.165) is 11.3 Å². The molecule has 8 nitrogen and oxygen atoms in total. The topological polar surface area (TPSA) is 88.4 Å². The van der Waals surface area contributed by atoms with Crippen molar-refractivity contribution in [3.8, 4) is 17.2 Å². The molecule has 0 unspecified atom stereocenters. The number of nitrogens with zero attached hydrogens (tertiary/aromatic N) is 2. The average Bonchev–Trinajstić information content (AvgIpc) is 3.17. The van der Waals surface area contributed by atoms with Crippen LogP contribution < -0.4 is 29.1 Å². The monoisotopic (exact) mass is 494 g/mol. The van der Waals surface area contributed by atoms with Crippen molar-refractivity contribution in [2.24, 2.45) is 4.99 Å². The van der Waals surface area contributed by atoms with Gasteiger partial charge in [-0.2, -0.15) is 0 Å². The van der Waals surface area contributed by atoms with E-state index in [2.05, 4.69) is 4.99 Å². The molecule has 0 amide bonds. The van der Waals surface area contributed by atoms with Crippen LogP contribution in [0.5, 0.6) is 17.2 Å². The van der Waals surface area contributed by atoms with Crippen LogP contribution in [0, 0.1) is 0 Å². The highest BCUT2D eigenvalue weighted by molar-refractivity contribution is 7.07. The zero-order valence-electron chi connectivity index (χ0n) is 20.2. The molecule has 1 aliphatic rings. The van der Waals surface area contributed by atoms with Crippen molar-refractivity contribution in [3.05, 3.63) is 84.5 Å². The Morgan fingerprint density at radius 1 is 1.06 bits per heavy atom. The number of methoxy groups -OCH3 is 3. The molecule has 2 aromatic carbocycles. The maximum atomic E-state index is 13.7. The molecule has 0 N–H and O–H groups in total. The lowest BCUT2D eigenvalue weighted by molar-refractivity contribution is -0.139. The molecule has 0 fully saturated rings. The van der Waals surface area contributed by atoms with E-state index in [-0.39, 0.29) is 12.2 Å². The van der Waals surface area contributed by atoms with E-state index in [1.165, 1.54) is 18.4 Å². The summed E-state index contributed by atoms with van der Waals surface area (Å²) in [6, 6.07) is 12.0. The summed E-state index contributed by atoms with van der Waals surface area (Å²) in [5, 5.41) is 0. The molecule has 35 heavy (non-hydrogen) atoms. The predicted octanol–water partition coefficient (Wildman–Crippen LogP) is 2.82. The van der Waals surface area contributed by atoms with Gasteiger partial charge in [0.1, 0.15) is 5.75 Å². The van der Waals surface area contributed by atoms with E-state index in [4.69, 9.17) is 18.9 Å². The third-order valence-corrected chi connectivity index (χ3v) is 6.64. The smallest absolute Gasteiger partial charge is 0.338 e. The molecule has 0 radical (unpaired) electrons. The Kier molecular flexibility index (Phi) is 7.07. The van der Waals surface area contributed by atoms with Gasteiger partial charge in [-0.15, -0.1) is 0 Å². The van der Waals surface area contributed by atoms with E-state index in [1.54, 1.807) is 50.8 Å². The largest absolute Gasteiger partial charge is 0.497 e. The summed E-state index contributed by atoms with van der Waals surface area (Å²) in [4.78, 5) is 31.8. The Morgan fingerprint density at radius 2 is 1.77 bits per heavy atom. The van der Waals surface area contributed by atoms with Crippen LogP contribution in [0.3, 0.4) is 0 Å². The molecule has 1 atom stereocenters. The molecule has 3 aromatic rings. The van der Waals surface area contributed by atoms with Gasteiger partial charge in [-0.25, -0.2) is 9.79 Å². The zero-order chi connectivity index (χ0) is 25.1. The standard InChI is InChI=1S/C26H26N2O6S/c1-6-34-25(30)22-15(2)27-26-28(23(22)17-9-12-19(32-4)20(14-17)33-5)24(29)21(35-26)13-16-7-10-18(31-3)11-8-16/h7-14,23H,6H2,1-5H3/b21-13+/t23-/m0/s1. The minimum absolute atomic E-state index is 0.205. The normalized spacial score (nSPS) is 15.3. The first-order valence-corrected chi connectivity index (χ1v) is 11.8. The number of carbonyl (C=O) groups is 1. The van der Waals surface area contributed by atoms with E-state index >= 15 is 0 Å². The van der Waals surface area contributed by atoms with Crippen molar-refractivity contribution in [1.29, 1.82) is 0 Å². The fourth-order valence-electron chi connectivity index (χ4n) is 3.98. The van der Waals surface area contributed by atoms with Gasteiger partial charge >= 0.3 is 5.97 Å². The number of esters is 1. The molecule has 182 valence electrons. The molecule has 1 aromatic heterocycles. The van der Waals surface area contributed by atoms with Crippen LogP contribution in [-0.2, 0) is 9.53 Å². The zero-order valence-corrected chi connectivity index (χ0v) is 21.0. The van der Waals surface area contributed by atoms with E-state index in [0.29, 0.717) is 37.7 Å². The van der Waals surface area contributed by atoms with Gasteiger partial charge in [-0.3, -0.25) is 9.36 Å². The maximum absolute atomic E-state index is 13.7. The quantitative estimate of drug-likeness (QED) is 0.470. The van der Waals surface area contributed by atoms with Gasteiger partial charge in [0.2, 0.25) is 0 Å². The minimum Gasteiger partial charge on any atom is -0.497 e. The summed E-state index contributed by atoms with van der Waals surface area (Å²) in [6.45, 7) is 3.69. The Bertz CT molecular complexity index is 1470. The van der Waals surface area contributed by atoms with E-state index < -0.39 is 12.0 Å². The number of benzene rings is 2. The van der Waals surface area contributed by atoms with E-state index in [9.17, 15) is 9.59 Å². The Labute approximate surface area is 206 Å². The molecule has 0 saturated heterocycles. The van der Waals surface area contributed by atoms with Crippen LogP contribution in [0.1, 0.15) is 31.0 Å². The van der Waals surface area contributed by atoms with Gasteiger partial charge in [0, 0.05) is 0 Å². The Balaban J connectivity index is 1.94. The van der Waals surface area contributed by atoms with Crippen molar-refractivity contribution >= 4 is 23.4 Å². The summed E-state index contributed by atoms with van der Waals surface area (Å²) in [6.07, 6.45) is 1.80. The second-order valence-electron chi connectivity index (χ2n) is 7.69.